The van der Waals surface area contributed by atoms with Crippen LogP contribution in [-0.2, 0) is 7.05 Å². The number of hydrogen-bond donors (Lipinski definition) is 0. The molecule has 0 radical (unpaired) electrons. The molecule has 0 saturated heterocycles. The van der Waals surface area contributed by atoms with Crippen molar-refractivity contribution in [2.45, 2.75) is 44.6 Å². The van der Waals surface area contributed by atoms with Crippen LogP contribution in [0.3, 0.4) is 0 Å². The summed E-state index contributed by atoms with van der Waals surface area (Å²) in [6, 6.07) is 13.2. The van der Waals surface area contributed by atoms with Gasteiger partial charge in [0.15, 0.2) is 0 Å². The molecule has 1 fully saturated rings. The molecule has 3 heterocycles. The molecule has 1 aliphatic rings. The highest BCUT2D eigenvalue weighted by atomic mass is 16.3. The molecule has 4 aromatic rings. The molecule has 148 valence electrons. The van der Waals surface area contributed by atoms with Gasteiger partial charge in [-0.3, -0.25) is 9.59 Å². The Balaban J connectivity index is 1.92. The Bertz CT molecular complexity index is 1300. The number of fused-ring (bicyclic) bond motifs is 2. The summed E-state index contributed by atoms with van der Waals surface area (Å²) in [4.78, 5) is 27.1. The Hall–Kier alpha value is -3.08. The van der Waals surface area contributed by atoms with Crippen LogP contribution in [0.25, 0.3) is 33.3 Å². The van der Waals surface area contributed by atoms with E-state index in [1.807, 2.05) is 52.6 Å². The van der Waals surface area contributed by atoms with Crippen molar-refractivity contribution in [3.8, 4) is 11.5 Å². The first-order chi connectivity index (χ1) is 14.2. The molecular formula is C24H24N2O3. The van der Waals surface area contributed by atoms with Gasteiger partial charge in [0.1, 0.15) is 11.1 Å². The van der Waals surface area contributed by atoms with Gasteiger partial charge in [-0.25, -0.2) is 0 Å². The fourth-order valence-electron chi connectivity index (χ4n) is 4.80. The molecule has 0 aliphatic heterocycles. The molecule has 29 heavy (non-hydrogen) atoms. The molecule has 1 aliphatic carbocycles. The molecular weight excluding hydrogens is 364 g/mol. The number of benzene rings is 1. The van der Waals surface area contributed by atoms with Gasteiger partial charge in [0.05, 0.1) is 23.0 Å². The number of furan rings is 1. The maximum absolute atomic E-state index is 13.8. The summed E-state index contributed by atoms with van der Waals surface area (Å²) in [5.74, 6) is 0.661. The molecule has 1 aromatic carbocycles. The van der Waals surface area contributed by atoms with E-state index in [2.05, 4.69) is 0 Å². The summed E-state index contributed by atoms with van der Waals surface area (Å²) in [5.41, 5.74) is 1.83. The summed E-state index contributed by atoms with van der Waals surface area (Å²) < 4.78 is 9.47. The second kappa shape index (κ2) is 7.07. The molecule has 5 rings (SSSR count). The molecule has 0 unspecified atom stereocenters. The van der Waals surface area contributed by atoms with Gasteiger partial charge < -0.3 is 13.6 Å². The average molecular weight is 388 g/mol. The quantitative estimate of drug-likeness (QED) is 0.358. The Morgan fingerprint density at radius 1 is 0.931 bits per heavy atom. The second-order valence-electron chi connectivity index (χ2n) is 7.99. The zero-order chi connectivity index (χ0) is 20.0. The topological polar surface area (TPSA) is 57.1 Å². The lowest BCUT2D eigenvalue weighted by atomic mass is 10.0. The van der Waals surface area contributed by atoms with Crippen molar-refractivity contribution in [2.75, 3.05) is 0 Å². The number of rotatable bonds is 2. The Labute approximate surface area is 168 Å². The van der Waals surface area contributed by atoms with Gasteiger partial charge in [-0.2, -0.15) is 0 Å². The standard InChI is InChI=1S/C24H24N2O3/c1-25-18-12-7-6-11-17(18)23(27)22-20(25)15-19(21-13-8-14-29-21)26(24(22)28)16-9-4-2-3-5-10-16/h6-8,11-16H,2-5,9-10H2,1H3. The van der Waals surface area contributed by atoms with Gasteiger partial charge in [-0.05, 0) is 43.2 Å². The van der Waals surface area contributed by atoms with E-state index in [4.69, 9.17) is 4.42 Å². The summed E-state index contributed by atoms with van der Waals surface area (Å²) in [6.45, 7) is 0. The van der Waals surface area contributed by atoms with Gasteiger partial charge in [0, 0.05) is 18.5 Å². The van der Waals surface area contributed by atoms with Crippen molar-refractivity contribution in [2.24, 2.45) is 7.05 Å². The molecule has 1 saturated carbocycles. The van der Waals surface area contributed by atoms with E-state index in [0.717, 1.165) is 36.9 Å². The van der Waals surface area contributed by atoms with Crippen molar-refractivity contribution >= 4 is 21.8 Å². The van der Waals surface area contributed by atoms with Crippen molar-refractivity contribution in [1.29, 1.82) is 0 Å². The first-order valence-electron chi connectivity index (χ1n) is 10.4. The van der Waals surface area contributed by atoms with Gasteiger partial charge in [-0.15, -0.1) is 0 Å². The van der Waals surface area contributed by atoms with E-state index < -0.39 is 0 Å². The molecule has 0 amide bonds. The highest BCUT2D eigenvalue weighted by Crippen LogP contribution is 2.32. The summed E-state index contributed by atoms with van der Waals surface area (Å²) >= 11 is 0. The Kier molecular flexibility index (Phi) is 4.38. The summed E-state index contributed by atoms with van der Waals surface area (Å²) in [7, 11) is 1.91. The fraction of sp³-hybridized carbons (Fsp3) is 0.333. The molecule has 5 heteroatoms. The predicted molar refractivity (Wildman–Crippen MR) is 115 cm³/mol. The monoisotopic (exact) mass is 388 g/mol. The van der Waals surface area contributed by atoms with E-state index in [0.29, 0.717) is 16.7 Å². The van der Waals surface area contributed by atoms with Crippen molar-refractivity contribution in [3.63, 3.8) is 0 Å². The normalized spacial score (nSPS) is 15.8. The van der Waals surface area contributed by atoms with E-state index in [1.165, 1.54) is 12.8 Å². The minimum atomic E-state index is -0.202. The Morgan fingerprint density at radius 2 is 1.69 bits per heavy atom. The van der Waals surface area contributed by atoms with Crippen LogP contribution >= 0.6 is 0 Å². The molecule has 0 spiro atoms. The van der Waals surface area contributed by atoms with E-state index >= 15 is 0 Å². The lowest BCUT2D eigenvalue weighted by molar-refractivity contribution is 0.433. The number of aryl methyl sites for hydroxylation is 1. The van der Waals surface area contributed by atoms with Crippen molar-refractivity contribution in [1.82, 2.24) is 9.13 Å². The van der Waals surface area contributed by atoms with Gasteiger partial charge >= 0.3 is 0 Å². The third kappa shape index (κ3) is 2.84. The van der Waals surface area contributed by atoms with Crippen LogP contribution in [0.1, 0.15) is 44.6 Å². The highest BCUT2D eigenvalue weighted by molar-refractivity contribution is 5.94. The number of aromatic nitrogens is 2. The van der Waals surface area contributed by atoms with E-state index in [-0.39, 0.29) is 22.4 Å². The minimum absolute atomic E-state index is 0.0886. The molecule has 5 nitrogen and oxygen atoms in total. The molecule has 0 N–H and O–H groups in total. The Morgan fingerprint density at radius 3 is 2.41 bits per heavy atom. The zero-order valence-corrected chi connectivity index (χ0v) is 16.6. The van der Waals surface area contributed by atoms with Crippen LogP contribution in [0.5, 0.6) is 0 Å². The smallest absolute Gasteiger partial charge is 0.264 e. The maximum Gasteiger partial charge on any atom is 0.264 e. The first-order valence-corrected chi connectivity index (χ1v) is 10.4. The summed E-state index contributed by atoms with van der Waals surface area (Å²) in [5, 5.41) is 0.850. The molecule has 0 bridgehead atoms. The van der Waals surface area contributed by atoms with Gasteiger partial charge in [-0.1, -0.05) is 37.8 Å². The molecule has 0 atom stereocenters. The van der Waals surface area contributed by atoms with Crippen LogP contribution in [0.4, 0.5) is 0 Å². The van der Waals surface area contributed by atoms with Crippen molar-refractivity contribution < 1.29 is 4.42 Å². The lowest BCUT2D eigenvalue weighted by Crippen LogP contribution is -2.30. The number of hydrogen-bond acceptors (Lipinski definition) is 3. The zero-order valence-electron chi connectivity index (χ0n) is 16.6. The largest absolute Gasteiger partial charge is 0.463 e. The van der Waals surface area contributed by atoms with Crippen LogP contribution in [0.15, 0.2) is 62.7 Å². The molecule has 3 aromatic heterocycles. The summed E-state index contributed by atoms with van der Waals surface area (Å²) in [6.07, 6.45) is 8.12. The van der Waals surface area contributed by atoms with Crippen LogP contribution < -0.4 is 11.0 Å². The predicted octanol–water partition coefficient (Wildman–Crippen LogP) is 5.01. The average Bonchev–Trinajstić information content (AvgIpc) is 3.15. The van der Waals surface area contributed by atoms with E-state index in [1.54, 1.807) is 12.3 Å². The van der Waals surface area contributed by atoms with Crippen LogP contribution in [0.2, 0.25) is 0 Å². The van der Waals surface area contributed by atoms with Crippen LogP contribution in [-0.4, -0.2) is 9.13 Å². The van der Waals surface area contributed by atoms with Crippen molar-refractivity contribution in [3.05, 3.63) is 69.3 Å². The van der Waals surface area contributed by atoms with E-state index in [9.17, 15) is 9.59 Å². The third-order valence-electron chi connectivity index (χ3n) is 6.28. The second-order valence-corrected chi connectivity index (χ2v) is 7.99. The lowest BCUT2D eigenvalue weighted by Gasteiger charge is -2.23. The highest BCUT2D eigenvalue weighted by Gasteiger charge is 2.24. The SMILES string of the molecule is Cn1c2ccccc2c(=O)c2c(=O)n(C3CCCCCC3)c(-c3ccco3)cc21. The number of para-hydroxylation sites is 1. The van der Waals surface area contributed by atoms with Gasteiger partial charge in [0.25, 0.3) is 5.56 Å². The maximum atomic E-state index is 13.8. The number of pyridine rings is 2. The van der Waals surface area contributed by atoms with Crippen LogP contribution in [0, 0.1) is 0 Å². The number of nitrogens with zero attached hydrogens (tertiary/aromatic N) is 2. The first kappa shape index (κ1) is 18.0. The fourth-order valence-corrected chi connectivity index (χ4v) is 4.80. The van der Waals surface area contributed by atoms with Gasteiger partial charge in [0.2, 0.25) is 5.43 Å². The minimum Gasteiger partial charge on any atom is -0.463 e. The third-order valence-corrected chi connectivity index (χ3v) is 6.28.